The lowest BCUT2D eigenvalue weighted by Crippen LogP contribution is -2.25. The summed E-state index contributed by atoms with van der Waals surface area (Å²) in [5, 5.41) is 3.29. The summed E-state index contributed by atoms with van der Waals surface area (Å²) in [4.78, 5) is 0. The SMILES string of the molecule is CCCCS(=O)(=O)Nc1cccc2c1CCNC2. The lowest BCUT2D eigenvalue weighted by atomic mass is 9.99. The molecule has 18 heavy (non-hydrogen) atoms. The molecule has 1 aromatic rings. The average Bonchev–Trinajstić information content (AvgIpc) is 2.37. The zero-order valence-electron chi connectivity index (χ0n) is 10.7. The summed E-state index contributed by atoms with van der Waals surface area (Å²) in [6.45, 7) is 3.71. The van der Waals surface area contributed by atoms with E-state index in [1.165, 1.54) is 5.56 Å². The second kappa shape index (κ2) is 5.71. The molecule has 0 spiro atoms. The Morgan fingerprint density at radius 2 is 2.22 bits per heavy atom. The third kappa shape index (κ3) is 3.23. The van der Waals surface area contributed by atoms with Crippen molar-refractivity contribution in [2.75, 3.05) is 17.0 Å². The lowest BCUT2D eigenvalue weighted by Gasteiger charge is -2.20. The molecule has 1 aliphatic rings. The molecule has 0 amide bonds. The van der Waals surface area contributed by atoms with Gasteiger partial charge in [0.15, 0.2) is 0 Å². The molecule has 1 aromatic carbocycles. The average molecular weight is 268 g/mol. The van der Waals surface area contributed by atoms with Crippen LogP contribution in [0.2, 0.25) is 0 Å². The van der Waals surface area contributed by atoms with Crippen LogP contribution in [0.1, 0.15) is 30.9 Å². The summed E-state index contributed by atoms with van der Waals surface area (Å²) >= 11 is 0. The lowest BCUT2D eigenvalue weighted by molar-refractivity contribution is 0.597. The fourth-order valence-corrected chi connectivity index (χ4v) is 3.48. The second-order valence-electron chi connectivity index (χ2n) is 4.64. The highest BCUT2D eigenvalue weighted by molar-refractivity contribution is 7.92. The minimum absolute atomic E-state index is 0.200. The first-order valence-corrected chi connectivity index (χ1v) is 8.09. The van der Waals surface area contributed by atoms with Crippen LogP contribution in [0.5, 0.6) is 0 Å². The Kier molecular flexibility index (Phi) is 4.24. The van der Waals surface area contributed by atoms with E-state index in [1.807, 2.05) is 25.1 Å². The number of anilines is 1. The first-order chi connectivity index (χ1) is 8.62. The van der Waals surface area contributed by atoms with E-state index in [2.05, 4.69) is 10.0 Å². The van der Waals surface area contributed by atoms with Gasteiger partial charge in [-0.25, -0.2) is 8.42 Å². The van der Waals surface area contributed by atoms with E-state index in [9.17, 15) is 8.42 Å². The maximum Gasteiger partial charge on any atom is 0.232 e. The van der Waals surface area contributed by atoms with Gasteiger partial charge in [-0.2, -0.15) is 0 Å². The molecule has 0 bridgehead atoms. The van der Waals surface area contributed by atoms with Crippen LogP contribution in [0.15, 0.2) is 18.2 Å². The van der Waals surface area contributed by atoms with Crippen molar-refractivity contribution in [3.05, 3.63) is 29.3 Å². The Bertz CT molecular complexity index is 512. The van der Waals surface area contributed by atoms with Gasteiger partial charge >= 0.3 is 0 Å². The van der Waals surface area contributed by atoms with Crippen LogP contribution in [-0.4, -0.2) is 20.7 Å². The van der Waals surface area contributed by atoms with Crippen molar-refractivity contribution >= 4 is 15.7 Å². The van der Waals surface area contributed by atoms with Gasteiger partial charge < -0.3 is 5.32 Å². The summed E-state index contributed by atoms with van der Waals surface area (Å²) in [7, 11) is -3.20. The summed E-state index contributed by atoms with van der Waals surface area (Å²) < 4.78 is 26.6. The van der Waals surface area contributed by atoms with Crippen molar-refractivity contribution in [1.82, 2.24) is 5.32 Å². The van der Waals surface area contributed by atoms with Crippen LogP contribution in [-0.2, 0) is 23.0 Å². The third-order valence-corrected chi connectivity index (χ3v) is 4.53. The van der Waals surface area contributed by atoms with Gasteiger partial charge in [0.2, 0.25) is 10.0 Å². The van der Waals surface area contributed by atoms with Crippen LogP contribution in [0.3, 0.4) is 0 Å². The predicted octanol–water partition coefficient (Wildman–Crippen LogP) is 1.87. The molecule has 0 fully saturated rings. The smallest absolute Gasteiger partial charge is 0.232 e. The second-order valence-corrected chi connectivity index (χ2v) is 6.49. The van der Waals surface area contributed by atoms with Gasteiger partial charge in [-0.1, -0.05) is 25.5 Å². The zero-order chi connectivity index (χ0) is 13.0. The van der Waals surface area contributed by atoms with Crippen molar-refractivity contribution in [3.8, 4) is 0 Å². The molecule has 0 saturated carbocycles. The molecule has 1 aliphatic heterocycles. The first kappa shape index (κ1) is 13.4. The molecule has 0 radical (unpaired) electrons. The molecule has 0 aliphatic carbocycles. The molecule has 2 N–H and O–H groups in total. The zero-order valence-corrected chi connectivity index (χ0v) is 11.5. The van der Waals surface area contributed by atoms with Crippen molar-refractivity contribution in [2.24, 2.45) is 0 Å². The van der Waals surface area contributed by atoms with E-state index < -0.39 is 10.0 Å². The maximum absolute atomic E-state index is 11.9. The Morgan fingerprint density at radius 1 is 1.39 bits per heavy atom. The van der Waals surface area contributed by atoms with Crippen molar-refractivity contribution in [1.29, 1.82) is 0 Å². The van der Waals surface area contributed by atoms with Gasteiger partial charge in [0, 0.05) is 6.54 Å². The Balaban J connectivity index is 2.19. The van der Waals surface area contributed by atoms with E-state index in [0.29, 0.717) is 6.42 Å². The Hall–Kier alpha value is -1.07. The van der Waals surface area contributed by atoms with Crippen LogP contribution >= 0.6 is 0 Å². The van der Waals surface area contributed by atoms with Crippen LogP contribution in [0, 0.1) is 0 Å². The molecule has 0 atom stereocenters. The van der Waals surface area contributed by atoms with E-state index >= 15 is 0 Å². The quantitative estimate of drug-likeness (QED) is 0.857. The maximum atomic E-state index is 11.9. The largest absolute Gasteiger partial charge is 0.312 e. The van der Waals surface area contributed by atoms with Gasteiger partial charge in [-0.15, -0.1) is 0 Å². The molecular weight excluding hydrogens is 248 g/mol. The fourth-order valence-electron chi connectivity index (χ4n) is 2.18. The van der Waals surface area contributed by atoms with Crippen molar-refractivity contribution in [2.45, 2.75) is 32.7 Å². The van der Waals surface area contributed by atoms with Crippen molar-refractivity contribution < 1.29 is 8.42 Å². The summed E-state index contributed by atoms with van der Waals surface area (Å²) in [5.41, 5.74) is 3.08. The summed E-state index contributed by atoms with van der Waals surface area (Å²) in [5.74, 6) is 0.200. The number of unbranched alkanes of at least 4 members (excludes halogenated alkanes) is 1. The number of sulfonamides is 1. The number of benzene rings is 1. The summed E-state index contributed by atoms with van der Waals surface area (Å²) in [6, 6.07) is 5.81. The predicted molar refractivity (Wildman–Crippen MR) is 74.2 cm³/mol. The molecule has 4 nitrogen and oxygen atoms in total. The number of hydrogen-bond donors (Lipinski definition) is 2. The van der Waals surface area contributed by atoms with E-state index in [-0.39, 0.29) is 5.75 Å². The van der Waals surface area contributed by atoms with Crippen LogP contribution in [0.4, 0.5) is 5.69 Å². The summed E-state index contributed by atoms with van der Waals surface area (Å²) in [6.07, 6.45) is 2.46. The standard InChI is InChI=1S/C13H20N2O2S/c1-2-3-9-18(16,17)15-13-6-4-5-11-10-14-8-7-12(11)13/h4-6,14-15H,2-3,7-10H2,1H3. The van der Waals surface area contributed by atoms with Gasteiger partial charge in [-0.3, -0.25) is 4.72 Å². The topological polar surface area (TPSA) is 58.2 Å². The molecule has 0 saturated heterocycles. The molecule has 5 heteroatoms. The molecule has 2 rings (SSSR count). The number of fused-ring (bicyclic) bond motifs is 1. The highest BCUT2D eigenvalue weighted by Gasteiger charge is 2.16. The van der Waals surface area contributed by atoms with Crippen LogP contribution < -0.4 is 10.0 Å². The monoisotopic (exact) mass is 268 g/mol. The third-order valence-electron chi connectivity index (χ3n) is 3.17. The molecule has 0 unspecified atom stereocenters. The molecule has 100 valence electrons. The highest BCUT2D eigenvalue weighted by atomic mass is 32.2. The van der Waals surface area contributed by atoms with Crippen LogP contribution in [0.25, 0.3) is 0 Å². The van der Waals surface area contributed by atoms with E-state index in [0.717, 1.165) is 37.2 Å². The van der Waals surface area contributed by atoms with Gasteiger partial charge in [-0.05, 0) is 36.6 Å². The molecular formula is C13H20N2O2S. The minimum atomic E-state index is -3.20. The molecule has 0 aromatic heterocycles. The minimum Gasteiger partial charge on any atom is -0.312 e. The van der Waals surface area contributed by atoms with E-state index in [4.69, 9.17) is 0 Å². The Morgan fingerprint density at radius 3 is 3.00 bits per heavy atom. The Labute approximate surface area is 109 Å². The number of nitrogens with one attached hydrogen (secondary N) is 2. The normalized spacial score (nSPS) is 15.2. The van der Waals surface area contributed by atoms with Gasteiger partial charge in [0.05, 0.1) is 11.4 Å². The van der Waals surface area contributed by atoms with E-state index in [1.54, 1.807) is 0 Å². The first-order valence-electron chi connectivity index (χ1n) is 6.44. The van der Waals surface area contributed by atoms with Gasteiger partial charge in [0.1, 0.15) is 0 Å². The fraction of sp³-hybridized carbons (Fsp3) is 0.538. The number of rotatable bonds is 5. The van der Waals surface area contributed by atoms with Gasteiger partial charge in [0.25, 0.3) is 0 Å². The number of hydrogen-bond acceptors (Lipinski definition) is 3. The highest BCUT2D eigenvalue weighted by Crippen LogP contribution is 2.24. The molecule has 1 heterocycles. The van der Waals surface area contributed by atoms with Crippen molar-refractivity contribution in [3.63, 3.8) is 0 Å².